The average molecular weight is 494 g/mol. The van der Waals surface area contributed by atoms with E-state index in [0.29, 0.717) is 12.0 Å². The summed E-state index contributed by atoms with van der Waals surface area (Å²) in [4.78, 5) is 55.1. The lowest BCUT2D eigenvalue weighted by atomic mass is 9.59. The molecule has 0 saturated heterocycles. The highest BCUT2D eigenvalue weighted by atomic mass is 16.3. The maximum absolute atomic E-state index is 14.1. The Morgan fingerprint density at radius 3 is 2.39 bits per heavy atom. The number of nitrogens with two attached hydrogens (primary N) is 1. The van der Waals surface area contributed by atoms with Crippen LogP contribution in [0.1, 0.15) is 73.1 Å². The summed E-state index contributed by atoms with van der Waals surface area (Å²) < 4.78 is 0. The Morgan fingerprint density at radius 2 is 1.86 bits per heavy atom. The number of aliphatic hydroxyl groups is 2. The first-order valence-electron chi connectivity index (χ1n) is 11.9. The second-order valence-electron chi connectivity index (χ2n) is 11.0. The van der Waals surface area contributed by atoms with Gasteiger partial charge in [0.05, 0.1) is 0 Å². The second-order valence-corrected chi connectivity index (χ2v) is 11.0. The molecule has 3 aliphatic rings. The van der Waals surface area contributed by atoms with Crippen LogP contribution in [0.3, 0.4) is 0 Å². The van der Waals surface area contributed by atoms with Crippen LogP contribution in [0.4, 0.5) is 0 Å². The Kier molecular flexibility index (Phi) is 5.91. The number of hydrogen-bond acceptors (Lipinski definition) is 8. The minimum absolute atomic E-state index is 0.00664. The first kappa shape index (κ1) is 25.6. The zero-order valence-corrected chi connectivity index (χ0v) is 21.4. The van der Waals surface area contributed by atoms with Gasteiger partial charge in [-0.15, -0.1) is 4.91 Å². The summed E-state index contributed by atoms with van der Waals surface area (Å²) >= 11 is 0. The van der Waals surface area contributed by atoms with Gasteiger partial charge in [0.15, 0.2) is 17.2 Å². The number of nitroso groups, excluding NO2 is 1. The van der Waals surface area contributed by atoms with Crippen LogP contribution in [0, 0.1) is 23.7 Å². The molecule has 0 saturated carbocycles. The molecule has 190 valence electrons. The molecule has 0 aromatic heterocycles. The number of allylic oxidation sites excluding steroid dienone is 1. The van der Waals surface area contributed by atoms with Crippen molar-refractivity contribution < 1.29 is 24.6 Å². The van der Waals surface area contributed by atoms with E-state index in [0.717, 1.165) is 28.0 Å². The van der Waals surface area contributed by atoms with Crippen molar-refractivity contribution in [1.82, 2.24) is 0 Å². The van der Waals surface area contributed by atoms with E-state index in [1.807, 2.05) is 34.6 Å². The summed E-state index contributed by atoms with van der Waals surface area (Å²) in [6, 6.07) is 2.06. The third-order valence-electron chi connectivity index (χ3n) is 7.98. The van der Waals surface area contributed by atoms with Crippen molar-refractivity contribution in [3.8, 4) is 0 Å². The number of nitrogens with zero attached hydrogens (tertiary/aromatic N) is 2. The Morgan fingerprint density at radius 1 is 1.22 bits per heavy atom. The van der Waals surface area contributed by atoms with Gasteiger partial charge in [-0.3, -0.25) is 19.4 Å². The van der Waals surface area contributed by atoms with Crippen LogP contribution in [0.25, 0.3) is 0 Å². The lowest BCUT2D eigenvalue weighted by molar-refractivity contribution is -0.126. The number of hydrogen-bond donors (Lipinski definition) is 3. The summed E-state index contributed by atoms with van der Waals surface area (Å²) in [7, 11) is 1.68. The highest BCUT2D eigenvalue weighted by Crippen LogP contribution is 2.53. The highest BCUT2D eigenvalue weighted by Gasteiger charge is 2.59. The van der Waals surface area contributed by atoms with Crippen molar-refractivity contribution >= 4 is 23.2 Å². The first-order chi connectivity index (χ1) is 16.7. The molecule has 0 heterocycles. The number of aliphatic imine (C=N–C) groups is 1. The van der Waals surface area contributed by atoms with Crippen LogP contribution in [-0.2, 0) is 21.4 Å². The third kappa shape index (κ3) is 3.40. The van der Waals surface area contributed by atoms with Gasteiger partial charge in [-0.05, 0) is 71.5 Å². The van der Waals surface area contributed by atoms with E-state index < -0.39 is 51.9 Å². The van der Waals surface area contributed by atoms with E-state index >= 15 is 0 Å². The Labute approximate surface area is 209 Å². The maximum Gasteiger partial charge on any atom is 0.255 e. The Hall–Kier alpha value is -3.46. The van der Waals surface area contributed by atoms with Gasteiger partial charge in [0.2, 0.25) is 0 Å². The van der Waals surface area contributed by atoms with Gasteiger partial charge in [-0.2, -0.15) is 0 Å². The lowest BCUT2D eigenvalue weighted by Gasteiger charge is -2.46. The number of ketones is 2. The zero-order valence-electron chi connectivity index (χ0n) is 21.4. The van der Waals surface area contributed by atoms with E-state index in [1.54, 1.807) is 7.05 Å². The fourth-order valence-corrected chi connectivity index (χ4v) is 6.22. The number of primary amides is 1. The molecular weight excluding hydrogens is 462 g/mol. The van der Waals surface area contributed by atoms with Crippen LogP contribution in [-0.4, -0.2) is 46.0 Å². The van der Waals surface area contributed by atoms with Gasteiger partial charge < -0.3 is 15.9 Å². The summed E-state index contributed by atoms with van der Waals surface area (Å²) in [5.41, 5.74) is 5.78. The molecule has 3 aliphatic carbocycles. The van der Waals surface area contributed by atoms with Crippen molar-refractivity contribution in [1.29, 1.82) is 0 Å². The first-order valence-corrected chi connectivity index (χ1v) is 11.9. The predicted molar refractivity (Wildman–Crippen MR) is 134 cm³/mol. The molecule has 1 unspecified atom stereocenters. The van der Waals surface area contributed by atoms with Gasteiger partial charge in [-0.25, -0.2) is 0 Å². The van der Waals surface area contributed by atoms with Crippen LogP contribution in [0.5, 0.6) is 0 Å². The third-order valence-corrected chi connectivity index (χ3v) is 7.98. The SMILES string of the molecule is CN=C(C)c1cc(C(C)(C)C)c(C)c2c1C[C@H]1CC3CC(=O)C(C(N)=O)=C(O)[C@@]3(O)C(N=O)=C1C2=O. The zero-order chi connectivity index (χ0) is 26.9. The van der Waals surface area contributed by atoms with Crippen LogP contribution in [0.2, 0.25) is 0 Å². The summed E-state index contributed by atoms with van der Waals surface area (Å²) in [6.45, 7) is 9.85. The van der Waals surface area contributed by atoms with E-state index in [2.05, 4.69) is 16.2 Å². The number of rotatable bonds is 3. The molecule has 0 radical (unpaired) electrons. The van der Waals surface area contributed by atoms with Crippen molar-refractivity contribution in [2.45, 2.75) is 64.9 Å². The number of aliphatic hydroxyl groups excluding tert-OH is 1. The number of amides is 1. The van der Waals surface area contributed by atoms with E-state index in [4.69, 9.17) is 5.73 Å². The van der Waals surface area contributed by atoms with E-state index in [1.165, 1.54) is 0 Å². The van der Waals surface area contributed by atoms with Crippen molar-refractivity contribution in [3.05, 3.63) is 61.4 Å². The molecule has 0 bridgehead atoms. The molecule has 3 atom stereocenters. The number of carbonyl (C=O) groups excluding carboxylic acids is 3. The largest absolute Gasteiger partial charge is 0.508 e. The fourth-order valence-electron chi connectivity index (χ4n) is 6.22. The monoisotopic (exact) mass is 493 g/mol. The Balaban J connectivity index is 2.07. The Bertz CT molecular complexity index is 1340. The number of fused-ring (bicyclic) bond motifs is 3. The molecule has 9 nitrogen and oxygen atoms in total. The smallest absolute Gasteiger partial charge is 0.255 e. The minimum atomic E-state index is -2.45. The van der Waals surface area contributed by atoms with Crippen molar-refractivity contribution in [2.24, 2.45) is 27.7 Å². The van der Waals surface area contributed by atoms with E-state index in [-0.39, 0.29) is 23.8 Å². The predicted octanol–water partition coefficient (Wildman–Crippen LogP) is 3.13. The highest BCUT2D eigenvalue weighted by molar-refractivity contribution is 6.20. The summed E-state index contributed by atoms with van der Waals surface area (Å²) in [5.74, 6) is -4.85. The standard InChI is InChI=1S/C27H31N3O6/c1-11-17(26(3,4)5)10-15(12(2)29-6)16-8-13-7-14-9-18(31)21(25(28)34)24(33)27(14,35)23(30-36)20(13)22(32)19(11)16/h10,13-14,33,35H,7-9H2,1-6H3,(H2,28,34)/t13-,14?,27+/m1/s1. The maximum atomic E-state index is 14.1. The summed E-state index contributed by atoms with van der Waals surface area (Å²) in [6.07, 6.45) is 0.198. The van der Waals surface area contributed by atoms with Crippen LogP contribution < -0.4 is 5.73 Å². The van der Waals surface area contributed by atoms with Gasteiger partial charge >= 0.3 is 0 Å². The summed E-state index contributed by atoms with van der Waals surface area (Å²) in [5, 5.41) is 25.5. The van der Waals surface area contributed by atoms with Gasteiger partial charge in [0, 0.05) is 36.2 Å². The number of carbonyl (C=O) groups is 3. The van der Waals surface area contributed by atoms with Crippen molar-refractivity contribution in [3.63, 3.8) is 0 Å². The van der Waals surface area contributed by atoms with Crippen molar-refractivity contribution in [2.75, 3.05) is 7.05 Å². The van der Waals surface area contributed by atoms with Gasteiger partial charge in [0.1, 0.15) is 17.0 Å². The number of benzene rings is 1. The lowest BCUT2D eigenvalue weighted by Crippen LogP contribution is -2.53. The fraction of sp³-hybridized carbons (Fsp3) is 0.481. The minimum Gasteiger partial charge on any atom is -0.508 e. The van der Waals surface area contributed by atoms with Crippen LogP contribution in [0.15, 0.2) is 38.8 Å². The molecule has 4 rings (SSSR count). The molecule has 36 heavy (non-hydrogen) atoms. The molecule has 1 aromatic carbocycles. The molecule has 9 heteroatoms. The topological polar surface area (TPSA) is 159 Å². The quantitative estimate of drug-likeness (QED) is 0.333. The normalized spacial score (nSPS) is 26.5. The van der Waals surface area contributed by atoms with Crippen LogP contribution >= 0.6 is 0 Å². The average Bonchev–Trinajstić information content (AvgIpc) is 2.77. The molecule has 0 spiro atoms. The molecule has 0 aliphatic heterocycles. The van der Waals surface area contributed by atoms with E-state index in [9.17, 15) is 29.5 Å². The second kappa shape index (κ2) is 8.30. The molecule has 0 fully saturated rings. The molecule has 4 N–H and O–H groups in total. The van der Waals surface area contributed by atoms with Gasteiger partial charge in [0.25, 0.3) is 5.91 Å². The molecule has 1 aromatic rings. The molecular formula is C27H31N3O6. The van der Waals surface area contributed by atoms with Gasteiger partial charge in [-0.1, -0.05) is 20.8 Å². The molecule has 1 amide bonds. The number of Topliss-reactive ketones (excluding diaryl/α,β-unsaturated/α-hetero) is 2.